The Kier molecular flexibility index (Phi) is 4.00. The van der Waals surface area contributed by atoms with E-state index in [-0.39, 0.29) is 0 Å². The number of nitriles is 1. The zero-order chi connectivity index (χ0) is 13.8. The van der Waals surface area contributed by atoms with Gasteiger partial charge in [0.1, 0.15) is 12.1 Å². The zero-order valence-corrected chi connectivity index (χ0v) is 10.9. The normalized spacial score (nSPS) is 22.8. The van der Waals surface area contributed by atoms with Crippen molar-refractivity contribution in [1.82, 2.24) is 4.98 Å². The number of rotatable bonds is 3. The molecule has 0 spiro atoms. The smallest absolute Gasteiger partial charge is 0.326 e. The lowest BCUT2D eigenvalue weighted by Crippen LogP contribution is -2.47. The number of pyridine rings is 1. The highest BCUT2D eigenvalue weighted by molar-refractivity contribution is 5.79. The van der Waals surface area contributed by atoms with Gasteiger partial charge in [0.05, 0.1) is 17.4 Å². The molecule has 5 nitrogen and oxygen atoms in total. The van der Waals surface area contributed by atoms with Gasteiger partial charge in [-0.05, 0) is 24.8 Å². The Bertz CT molecular complexity index is 510. The van der Waals surface area contributed by atoms with Gasteiger partial charge in [0.25, 0.3) is 0 Å². The monoisotopic (exact) mass is 259 g/mol. The van der Waals surface area contributed by atoms with Gasteiger partial charge in [-0.2, -0.15) is 5.26 Å². The molecule has 1 N–H and O–H groups in total. The Labute approximate surface area is 112 Å². The van der Waals surface area contributed by atoms with Gasteiger partial charge in [-0.15, -0.1) is 0 Å². The molecule has 100 valence electrons. The first-order chi connectivity index (χ1) is 9.17. The predicted octanol–water partition coefficient (Wildman–Crippen LogP) is 2.03. The van der Waals surface area contributed by atoms with Crippen molar-refractivity contribution in [1.29, 1.82) is 5.26 Å². The van der Waals surface area contributed by atoms with E-state index in [1.165, 1.54) is 0 Å². The Morgan fingerprint density at radius 1 is 1.68 bits per heavy atom. The molecule has 0 saturated carbocycles. The van der Waals surface area contributed by atoms with Crippen molar-refractivity contribution in [2.75, 3.05) is 11.4 Å². The summed E-state index contributed by atoms with van der Waals surface area (Å²) in [4.78, 5) is 17.3. The Morgan fingerprint density at radius 3 is 3.11 bits per heavy atom. The van der Waals surface area contributed by atoms with Gasteiger partial charge in [-0.25, -0.2) is 4.79 Å². The summed E-state index contributed by atoms with van der Waals surface area (Å²) in [5, 5.41) is 18.5. The van der Waals surface area contributed by atoms with Crippen molar-refractivity contribution in [3.63, 3.8) is 0 Å². The maximum atomic E-state index is 11.5. The predicted molar refractivity (Wildman–Crippen MR) is 70.7 cm³/mol. The molecular formula is C14H17N3O2. The summed E-state index contributed by atoms with van der Waals surface area (Å²) in [5.41, 5.74) is 1.11. The molecule has 2 rings (SSSR count). The maximum absolute atomic E-state index is 11.5. The number of carboxylic acid groups (broad SMARTS) is 1. The largest absolute Gasteiger partial charge is 0.480 e. The lowest BCUT2D eigenvalue weighted by atomic mass is 9.88. The van der Waals surface area contributed by atoms with Crippen LogP contribution in [0.1, 0.15) is 31.7 Å². The van der Waals surface area contributed by atoms with E-state index < -0.39 is 12.0 Å². The molecule has 5 heteroatoms. The third-order valence-corrected chi connectivity index (χ3v) is 3.80. The third kappa shape index (κ3) is 2.68. The van der Waals surface area contributed by atoms with Crippen molar-refractivity contribution >= 4 is 11.7 Å². The van der Waals surface area contributed by atoms with Crippen LogP contribution in [0.15, 0.2) is 18.5 Å². The second-order valence-corrected chi connectivity index (χ2v) is 4.85. The standard InChI is InChI=1S/C14H17N3O2/c1-2-10-4-6-17(12(7-10)14(18)19)13-9-16-5-3-11(13)8-15/h3,5,9-10,12H,2,4,6-7H2,1H3,(H,18,19). The molecule has 1 aromatic heterocycles. The Hall–Kier alpha value is -2.09. The molecule has 0 radical (unpaired) electrons. The van der Waals surface area contributed by atoms with Crippen LogP contribution < -0.4 is 4.90 Å². The molecule has 2 unspecified atom stereocenters. The van der Waals surface area contributed by atoms with Crippen LogP contribution in [0.3, 0.4) is 0 Å². The second-order valence-electron chi connectivity index (χ2n) is 4.85. The molecule has 2 heterocycles. The topological polar surface area (TPSA) is 77.2 Å². The molecular weight excluding hydrogens is 242 g/mol. The molecule has 19 heavy (non-hydrogen) atoms. The lowest BCUT2D eigenvalue weighted by molar-refractivity contribution is -0.139. The summed E-state index contributed by atoms with van der Waals surface area (Å²) in [6.45, 7) is 2.75. The lowest BCUT2D eigenvalue weighted by Gasteiger charge is -2.38. The van der Waals surface area contributed by atoms with Crippen LogP contribution in [-0.2, 0) is 4.79 Å². The minimum Gasteiger partial charge on any atom is -0.480 e. The summed E-state index contributed by atoms with van der Waals surface area (Å²) in [5.74, 6) is -0.384. The number of aliphatic carboxylic acids is 1. The minimum atomic E-state index is -0.828. The van der Waals surface area contributed by atoms with E-state index in [9.17, 15) is 9.90 Å². The van der Waals surface area contributed by atoms with Crippen molar-refractivity contribution < 1.29 is 9.90 Å². The maximum Gasteiger partial charge on any atom is 0.326 e. The van der Waals surface area contributed by atoms with Crippen LogP contribution in [0, 0.1) is 17.2 Å². The van der Waals surface area contributed by atoms with E-state index in [0.717, 1.165) is 12.8 Å². The van der Waals surface area contributed by atoms with E-state index in [2.05, 4.69) is 18.0 Å². The fourth-order valence-corrected chi connectivity index (χ4v) is 2.64. The van der Waals surface area contributed by atoms with E-state index in [0.29, 0.717) is 30.1 Å². The van der Waals surface area contributed by atoms with Crippen molar-refractivity contribution in [3.8, 4) is 6.07 Å². The Morgan fingerprint density at radius 2 is 2.47 bits per heavy atom. The number of hydrogen-bond acceptors (Lipinski definition) is 4. The molecule has 0 aromatic carbocycles. The molecule has 1 aliphatic rings. The molecule has 1 fully saturated rings. The fourth-order valence-electron chi connectivity index (χ4n) is 2.64. The minimum absolute atomic E-state index is 0.444. The summed E-state index contributed by atoms with van der Waals surface area (Å²) < 4.78 is 0. The SMILES string of the molecule is CCC1CCN(c2cnccc2C#N)C(C(=O)O)C1. The van der Waals surface area contributed by atoms with Gasteiger partial charge in [0.2, 0.25) is 0 Å². The fraction of sp³-hybridized carbons (Fsp3) is 0.500. The quantitative estimate of drug-likeness (QED) is 0.898. The number of carboxylic acids is 1. The molecule has 0 aliphatic carbocycles. The van der Waals surface area contributed by atoms with E-state index >= 15 is 0 Å². The Balaban J connectivity index is 2.32. The van der Waals surface area contributed by atoms with Crippen molar-refractivity contribution in [2.24, 2.45) is 5.92 Å². The van der Waals surface area contributed by atoms with Gasteiger partial charge in [-0.1, -0.05) is 13.3 Å². The molecule has 1 saturated heterocycles. The van der Waals surface area contributed by atoms with Crippen LogP contribution in [0.5, 0.6) is 0 Å². The number of carbonyl (C=O) groups is 1. The van der Waals surface area contributed by atoms with Crippen LogP contribution in [0.4, 0.5) is 5.69 Å². The third-order valence-electron chi connectivity index (χ3n) is 3.80. The van der Waals surface area contributed by atoms with Gasteiger partial charge in [0.15, 0.2) is 0 Å². The van der Waals surface area contributed by atoms with E-state index in [1.807, 2.05) is 0 Å². The molecule has 2 atom stereocenters. The van der Waals surface area contributed by atoms with E-state index in [4.69, 9.17) is 5.26 Å². The number of piperidine rings is 1. The van der Waals surface area contributed by atoms with Gasteiger partial charge in [0, 0.05) is 12.7 Å². The van der Waals surface area contributed by atoms with Gasteiger partial charge < -0.3 is 10.0 Å². The van der Waals surface area contributed by atoms with Crippen molar-refractivity contribution in [2.45, 2.75) is 32.2 Å². The van der Waals surface area contributed by atoms with E-state index in [1.54, 1.807) is 23.4 Å². The average Bonchev–Trinajstić information content (AvgIpc) is 2.46. The summed E-state index contributed by atoms with van der Waals surface area (Å²) in [6.07, 6.45) is 5.72. The second kappa shape index (κ2) is 5.70. The van der Waals surface area contributed by atoms with Crippen LogP contribution in [0.25, 0.3) is 0 Å². The van der Waals surface area contributed by atoms with Crippen LogP contribution in [-0.4, -0.2) is 28.6 Å². The molecule has 1 aromatic rings. The highest BCUT2D eigenvalue weighted by atomic mass is 16.4. The highest BCUT2D eigenvalue weighted by Crippen LogP contribution is 2.31. The first-order valence-corrected chi connectivity index (χ1v) is 6.51. The van der Waals surface area contributed by atoms with Gasteiger partial charge >= 0.3 is 5.97 Å². The number of anilines is 1. The number of nitrogens with zero attached hydrogens (tertiary/aromatic N) is 3. The molecule has 0 bridgehead atoms. The highest BCUT2D eigenvalue weighted by Gasteiger charge is 2.33. The molecule has 0 amide bonds. The van der Waals surface area contributed by atoms with Gasteiger partial charge in [-0.3, -0.25) is 4.98 Å². The first-order valence-electron chi connectivity index (χ1n) is 6.51. The summed E-state index contributed by atoms with van der Waals surface area (Å²) >= 11 is 0. The van der Waals surface area contributed by atoms with Crippen molar-refractivity contribution in [3.05, 3.63) is 24.0 Å². The van der Waals surface area contributed by atoms with Crippen LogP contribution in [0.2, 0.25) is 0 Å². The summed E-state index contributed by atoms with van der Waals surface area (Å²) in [6, 6.07) is 3.17. The average molecular weight is 259 g/mol. The number of hydrogen-bond donors (Lipinski definition) is 1. The number of aromatic nitrogens is 1. The van der Waals surface area contributed by atoms with Crippen LogP contribution >= 0.6 is 0 Å². The zero-order valence-electron chi connectivity index (χ0n) is 10.9. The summed E-state index contributed by atoms with van der Waals surface area (Å²) in [7, 11) is 0. The molecule has 1 aliphatic heterocycles. The first kappa shape index (κ1) is 13.3.